The van der Waals surface area contributed by atoms with Crippen molar-refractivity contribution in [3.8, 4) is 11.5 Å². The predicted octanol–water partition coefficient (Wildman–Crippen LogP) is 1.54. The molecular formula is C11H14F3NO3. The monoisotopic (exact) mass is 265 g/mol. The van der Waals surface area contributed by atoms with E-state index in [1.165, 1.54) is 12.1 Å². The smallest absolute Gasteiger partial charge is 0.491 e. The molecule has 0 aromatic heterocycles. The minimum Gasteiger partial charge on any atom is -0.491 e. The Hall–Kier alpha value is -1.47. The second-order valence-electron chi connectivity index (χ2n) is 3.54. The van der Waals surface area contributed by atoms with Crippen LogP contribution in [0.25, 0.3) is 0 Å². The number of halogens is 3. The summed E-state index contributed by atoms with van der Waals surface area (Å²) >= 11 is 0. The van der Waals surface area contributed by atoms with Crippen LogP contribution in [0.4, 0.5) is 13.2 Å². The SMILES string of the molecule is CNCC(O)COc1ccc(OC(F)(F)F)cc1. The van der Waals surface area contributed by atoms with Gasteiger partial charge in [-0.1, -0.05) is 0 Å². The molecule has 0 heterocycles. The first kappa shape index (κ1) is 14.6. The van der Waals surface area contributed by atoms with Crippen LogP contribution >= 0.6 is 0 Å². The van der Waals surface area contributed by atoms with E-state index in [9.17, 15) is 18.3 Å². The standard InChI is InChI=1S/C11H14F3NO3/c1-15-6-8(16)7-17-9-2-4-10(5-3-9)18-11(12,13)14/h2-5,8,15-16H,6-7H2,1H3. The van der Waals surface area contributed by atoms with Gasteiger partial charge in [-0.15, -0.1) is 13.2 Å². The molecule has 102 valence electrons. The highest BCUT2D eigenvalue weighted by Gasteiger charge is 2.30. The van der Waals surface area contributed by atoms with E-state index >= 15 is 0 Å². The molecule has 0 aliphatic heterocycles. The van der Waals surface area contributed by atoms with Crippen molar-refractivity contribution in [2.45, 2.75) is 12.5 Å². The van der Waals surface area contributed by atoms with Gasteiger partial charge in [0.15, 0.2) is 0 Å². The topological polar surface area (TPSA) is 50.7 Å². The van der Waals surface area contributed by atoms with Crippen LogP contribution in [0.3, 0.4) is 0 Å². The Balaban J connectivity index is 2.45. The highest BCUT2D eigenvalue weighted by atomic mass is 19.4. The number of rotatable bonds is 6. The molecule has 0 aliphatic rings. The summed E-state index contributed by atoms with van der Waals surface area (Å²) in [6, 6.07) is 4.97. The molecule has 2 N–H and O–H groups in total. The van der Waals surface area contributed by atoms with Gasteiger partial charge in [0.25, 0.3) is 0 Å². The summed E-state index contributed by atoms with van der Waals surface area (Å²) in [4.78, 5) is 0. The number of aliphatic hydroxyl groups excluding tert-OH is 1. The Bertz CT molecular complexity index is 354. The van der Waals surface area contributed by atoms with E-state index in [1.807, 2.05) is 0 Å². The Morgan fingerprint density at radius 3 is 2.28 bits per heavy atom. The second kappa shape index (κ2) is 6.46. The van der Waals surface area contributed by atoms with Crippen LogP contribution in [0, 0.1) is 0 Å². The van der Waals surface area contributed by atoms with Crippen LogP contribution < -0.4 is 14.8 Å². The molecule has 0 spiro atoms. The molecule has 1 atom stereocenters. The molecule has 18 heavy (non-hydrogen) atoms. The summed E-state index contributed by atoms with van der Waals surface area (Å²) in [6.45, 7) is 0.426. The molecule has 0 fully saturated rings. The molecule has 0 aliphatic carbocycles. The van der Waals surface area contributed by atoms with Gasteiger partial charge in [0, 0.05) is 6.54 Å². The Labute approximate surface area is 102 Å². The van der Waals surface area contributed by atoms with Crippen molar-refractivity contribution >= 4 is 0 Å². The predicted molar refractivity (Wildman–Crippen MR) is 58.6 cm³/mol. The number of benzene rings is 1. The third-order valence-corrected chi connectivity index (χ3v) is 1.94. The Morgan fingerprint density at radius 2 is 1.78 bits per heavy atom. The lowest BCUT2D eigenvalue weighted by atomic mass is 10.3. The van der Waals surface area contributed by atoms with Gasteiger partial charge in [-0.05, 0) is 31.3 Å². The first-order chi connectivity index (χ1) is 8.40. The van der Waals surface area contributed by atoms with E-state index in [2.05, 4.69) is 10.1 Å². The van der Waals surface area contributed by atoms with Gasteiger partial charge in [-0.25, -0.2) is 0 Å². The van der Waals surface area contributed by atoms with E-state index in [4.69, 9.17) is 4.74 Å². The van der Waals surface area contributed by atoms with Crippen molar-refractivity contribution in [1.29, 1.82) is 0 Å². The number of likely N-dealkylation sites (N-methyl/N-ethyl adjacent to an activating group) is 1. The molecule has 0 amide bonds. The number of aliphatic hydroxyl groups is 1. The number of hydrogen-bond acceptors (Lipinski definition) is 4. The Morgan fingerprint density at radius 1 is 1.22 bits per heavy atom. The molecule has 0 bridgehead atoms. The highest BCUT2D eigenvalue weighted by Crippen LogP contribution is 2.24. The van der Waals surface area contributed by atoms with Crippen molar-refractivity contribution in [2.24, 2.45) is 0 Å². The lowest BCUT2D eigenvalue weighted by Crippen LogP contribution is -2.29. The summed E-state index contributed by atoms with van der Waals surface area (Å²) in [7, 11) is 1.69. The summed E-state index contributed by atoms with van der Waals surface area (Å²) in [5, 5.41) is 12.1. The first-order valence-electron chi connectivity index (χ1n) is 5.22. The van der Waals surface area contributed by atoms with Crippen molar-refractivity contribution in [3.05, 3.63) is 24.3 Å². The zero-order chi connectivity index (χ0) is 13.6. The maximum atomic E-state index is 11.9. The van der Waals surface area contributed by atoms with E-state index < -0.39 is 12.5 Å². The summed E-state index contributed by atoms with van der Waals surface area (Å²) in [5.41, 5.74) is 0. The van der Waals surface area contributed by atoms with Crippen LogP contribution in [0.1, 0.15) is 0 Å². The van der Waals surface area contributed by atoms with Gasteiger partial charge >= 0.3 is 6.36 Å². The minimum absolute atomic E-state index is 0.0559. The van der Waals surface area contributed by atoms with Crippen LogP contribution in [0.2, 0.25) is 0 Å². The molecule has 4 nitrogen and oxygen atoms in total. The molecule has 7 heteroatoms. The molecule has 1 rings (SSSR count). The van der Waals surface area contributed by atoms with Crippen LogP contribution in [0.5, 0.6) is 11.5 Å². The zero-order valence-electron chi connectivity index (χ0n) is 9.70. The van der Waals surface area contributed by atoms with E-state index in [0.717, 1.165) is 12.1 Å². The van der Waals surface area contributed by atoms with E-state index in [0.29, 0.717) is 12.3 Å². The van der Waals surface area contributed by atoms with Gasteiger partial charge in [-0.3, -0.25) is 0 Å². The zero-order valence-corrected chi connectivity index (χ0v) is 9.70. The lowest BCUT2D eigenvalue weighted by Gasteiger charge is -2.12. The third kappa shape index (κ3) is 5.74. The lowest BCUT2D eigenvalue weighted by molar-refractivity contribution is -0.274. The second-order valence-corrected chi connectivity index (χ2v) is 3.54. The number of hydrogen-bond donors (Lipinski definition) is 2. The van der Waals surface area contributed by atoms with Crippen LogP contribution in [0.15, 0.2) is 24.3 Å². The minimum atomic E-state index is -4.70. The number of ether oxygens (including phenoxy) is 2. The normalized spacial score (nSPS) is 13.2. The largest absolute Gasteiger partial charge is 0.573 e. The fraction of sp³-hybridized carbons (Fsp3) is 0.455. The van der Waals surface area contributed by atoms with Gasteiger partial charge in [0.2, 0.25) is 0 Å². The van der Waals surface area contributed by atoms with Crippen molar-refractivity contribution in [2.75, 3.05) is 20.2 Å². The Kier molecular flexibility index (Phi) is 5.24. The van der Waals surface area contributed by atoms with Gasteiger partial charge in [-0.2, -0.15) is 0 Å². The molecule has 0 radical (unpaired) electrons. The van der Waals surface area contributed by atoms with E-state index in [1.54, 1.807) is 7.05 Å². The summed E-state index contributed by atoms with van der Waals surface area (Å²) in [5.74, 6) is 0.0466. The van der Waals surface area contributed by atoms with Crippen molar-refractivity contribution in [1.82, 2.24) is 5.32 Å². The summed E-state index contributed by atoms with van der Waals surface area (Å²) < 4.78 is 44.5. The number of alkyl halides is 3. The summed E-state index contributed by atoms with van der Waals surface area (Å²) in [6.07, 6.45) is -5.38. The van der Waals surface area contributed by atoms with Crippen LogP contribution in [-0.2, 0) is 0 Å². The van der Waals surface area contributed by atoms with E-state index in [-0.39, 0.29) is 12.4 Å². The van der Waals surface area contributed by atoms with Gasteiger partial charge in [0.1, 0.15) is 24.2 Å². The molecule has 0 saturated heterocycles. The molecular weight excluding hydrogens is 251 g/mol. The van der Waals surface area contributed by atoms with Gasteiger partial charge in [0.05, 0.1) is 0 Å². The average Bonchev–Trinajstić information content (AvgIpc) is 2.26. The first-order valence-corrected chi connectivity index (χ1v) is 5.22. The van der Waals surface area contributed by atoms with Crippen molar-refractivity contribution in [3.63, 3.8) is 0 Å². The maximum absolute atomic E-state index is 11.9. The van der Waals surface area contributed by atoms with Crippen LogP contribution in [-0.4, -0.2) is 37.8 Å². The van der Waals surface area contributed by atoms with Gasteiger partial charge < -0.3 is 19.9 Å². The average molecular weight is 265 g/mol. The number of nitrogens with one attached hydrogen (secondary N) is 1. The van der Waals surface area contributed by atoms with Crippen molar-refractivity contribution < 1.29 is 27.8 Å². The molecule has 0 saturated carbocycles. The fourth-order valence-electron chi connectivity index (χ4n) is 1.22. The third-order valence-electron chi connectivity index (χ3n) is 1.94. The molecule has 1 aromatic rings. The quantitative estimate of drug-likeness (QED) is 0.819. The molecule has 1 unspecified atom stereocenters. The molecule has 1 aromatic carbocycles. The maximum Gasteiger partial charge on any atom is 0.573 e. The fourth-order valence-corrected chi connectivity index (χ4v) is 1.22. The highest BCUT2D eigenvalue weighted by molar-refractivity contribution is 5.31.